The number of ether oxygens (including phenoxy) is 1. The van der Waals surface area contributed by atoms with Crippen molar-refractivity contribution in [2.45, 2.75) is 6.23 Å². The summed E-state index contributed by atoms with van der Waals surface area (Å²) in [5.74, 6) is 0. The number of likely N-dealkylation sites (N-methyl/N-ethyl adjacent to an activating group) is 1. The van der Waals surface area contributed by atoms with Gasteiger partial charge in [0, 0.05) is 0 Å². The summed E-state index contributed by atoms with van der Waals surface area (Å²) in [6.45, 7) is 0.948. The van der Waals surface area contributed by atoms with Gasteiger partial charge in [-0.25, -0.2) is 0 Å². The number of hydrogen-bond donors (Lipinski definition) is 0. The van der Waals surface area contributed by atoms with E-state index in [1.54, 1.807) is 0 Å². The maximum atomic E-state index is 5.05. The van der Waals surface area contributed by atoms with Crippen LogP contribution in [0.15, 0.2) is 0 Å². The van der Waals surface area contributed by atoms with Crippen molar-refractivity contribution in [3.05, 3.63) is 0 Å². The lowest BCUT2D eigenvalue weighted by molar-refractivity contribution is -0.891. The Kier molecular flexibility index (Phi) is 0.869. The molecule has 42 valence electrons. The van der Waals surface area contributed by atoms with E-state index in [2.05, 4.69) is 21.1 Å². The summed E-state index contributed by atoms with van der Waals surface area (Å²) in [5, 5.41) is 0. The molecule has 0 spiro atoms. The van der Waals surface area contributed by atoms with Crippen LogP contribution in [-0.2, 0) is 4.74 Å². The number of nitrogens with zero attached hydrogens (tertiary/aromatic N) is 1. The summed E-state index contributed by atoms with van der Waals surface area (Å²) in [6, 6.07) is 0. The summed E-state index contributed by atoms with van der Waals surface area (Å²) >= 11 is 0. The van der Waals surface area contributed by atoms with Gasteiger partial charge in [-0.05, 0) is 0 Å². The molecule has 1 heterocycles. The maximum absolute atomic E-state index is 5.05. The number of quaternary nitrogens is 1. The van der Waals surface area contributed by atoms with E-state index in [0.29, 0.717) is 6.23 Å². The van der Waals surface area contributed by atoms with E-state index in [9.17, 15) is 0 Å². The van der Waals surface area contributed by atoms with E-state index >= 15 is 0 Å². The SMILES string of the molecule is C[N+](C)(C)[C@@H]1CO1. The standard InChI is InChI=1S/C5H12NO/c1-6(2,3)5-4-7-5/h5H,4H2,1-3H3/q+1/t5-/m0/s1. The van der Waals surface area contributed by atoms with Gasteiger partial charge in [-0.3, -0.25) is 0 Å². The maximum Gasteiger partial charge on any atom is 0.217 e. The number of rotatable bonds is 1. The first-order chi connectivity index (χ1) is 3.11. The monoisotopic (exact) mass is 102 g/mol. The molecule has 2 heteroatoms. The molecule has 0 unspecified atom stereocenters. The van der Waals surface area contributed by atoms with Gasteiger partial charge in [0.25, 0.3) is 0 Å². The molecule has 1 saturated heterocycles. The van der Waals surface area contributed by atoms with Crippen molar-refractivity contribution in [2.24, 2.45) is 0 Å². The minimum Gasteiger partial charge on any atom is -0.318 e. The Labute approximate surface area is 44.3 Å². The molecule has 7 heavy (non-hydrogen) atoms. The van der Waals surface area contributed by atoms with Crippen LogP contribution in [0, 0.1) is 0 Å². The first kappa shape index (κ1) is 5.06. The van der Waals surface area contributed by atoms with Crippen LogP contribution in [-0.4, -0.2) is 38.5 Å². The van der Waals surface area contributed by atoms with Crippen LogP contribution in [0.25, 0.3) is 0 Å². The predicted molar refractivity (Wildman–Crippen MR) is 27.8 cm³/mol. The average molecular weight is 102 g/mol. The molecule has 0 aliphatic carbocycles. The summed E-state index contributed by atoms with van der Waals surface area (Å²) in [6.07, 6.45) is 0.486. The third kappa shape index (κ3) is 1.14. The lowest BCUT2D eigenvalue weighted by Crippen LogP contribution is -2.37. The van der Waals surface area contributed by atoms with Crippen molar-refractivity contribution in [2.75, 3.05) is 27.7 Å². The Bertz CT molecular complexity index is 70.6. The topological polar surface area (TPSA) is 12.5 Å². The third-order valence-corrected chi connectivity index (χ3v) is 1.18. The van der Waals surface area contributed by atoms with Gasteiger partial charge in [-0.1, -0.05) is 0 Å². The fourth-order valence-electron chi connectivity index (χ4n) is 0.490. The zero-order chi connectivity index (χ0) is 5.49. The Hall–Kier alpha value is -0.0800. The van der Waals surface area contributed by atoms with Crippen molar-refractivity contribution in [3.8, 4) is 0 Å². The molecule has 1 fully saturated rings. The average Bonchev–Trinajstić information content (AvgIpc) is 1.99. The van der Waals surface area contributed by atoms with E-state index < -0.39 is 0 Å². The highest BCUT2D eigenvalue weighted by Crippen LogP contribution is 2.16. The molecule has 0 aromatic carbocycles. The van der Waals surface area contributed by atoms with Crippen molar-refractivity contribution in [1.29, 1.82) is 0 Å². The second-order valence-corrected chi connectivity index (χ2v) is 2.90. The highest BCUT2D eigenvalue weighted by Gasteiger charge is 2.36. The van der Waals surface area contributed by atoms with Gasteiger partial charge in [0.2, 0.25) is 6.23 Å². The molecule has 0 saturated carbocycles. The lowest BCUT2D eigenvalue weighted by atomic mass is 10.6. The van der Waals surface area contributed by atoms with E-state index in [1.807, 2.05) is 0 Å². The fourth-order valence-corrected chi connectivity index (χ4v) is 0.490. The molecular weight excluding hydrogens is 90.1 g/mol. The van der Waals surface area contributed by atoms with Crippen LogP contribution in [0.3, 0.4) is 0 Å². The second-order valence-electron chi connectivity index (χ2n) is 2.90. The largest absolute Gasteiger partial charge is 0.318 e. The predicted octanol–water partition coefficient (Wildman–Crippen LogP) is 0.0489. The Morgan fingerprint density at radius 3 is 1.86 bits per heavy atom. The number of hydrogen-bond acceptors (Lipinski definition) is 1. The van der Waals surface area contributed by atoms with Gasteiger partial charge in [-0.2, -0.15) is 0 Å². The molecular formula is C5H12NO+. The highest BCUT2D eigenvalue weighted by atomic mass is 16.6. The van der Waals surface area contributed by atoms with Crippen LogP contribution in [0.5, 0.6) is 0 Å². The van der Waals surface area contributed by atoms with Crippen molar-refractivity contribution in [1.82, 2.24) is 0 Å². The zero-order valence-electron chi connectivity index (χ0n) is 5.14. The first-order valence-corrected chi connectivity index (χ1v) is 2.53. The van der Waals surface area contributed by atoms with Gasteiger partial charge in [0.05, 0.1) is 21.1 Å². The van der Waals surface area contributed by atoms with Gasteiger partial charge in [0.1, 0.15) is 6.61 Å². The summed E-state index contributed by atoms with van der Waals surface area (Å²) in [7, 11) is 6.41. The van der Waals surface area contributed by atoms with Crippen LogP contribution >= 0.6 is 0 Å². The molecule has 0 amide bonds. The molecule has 0 N–H and O–H groups in total. The molecule has 1 atom stereocenters. The Morgan fingerprint density at radius 1 is 1.43 bits per heavy atom. The normalized spacial score (nSPS) is 30.4. The smallest absolute Gasteiger partial charge is 0.217 e. The molecule has 1 aliphatic heterocycles. The van der Waals surface area contributed by atoms with Crippen molar-refractivity contribution >= 4 is 0 Å². The minimum atomic E-state index is 0.486. The number of epoxide rings is 1. The van der Waals surface area contributed by atoms with E-state index in [0.717, 1.165) is 11.1 Å². The third-order valence-electron chi connectivity index (χ3n) is 1.18. The fraction of sp³-hybridized carbons (Fsp3) is 1.00. The van der Waals surface area contributed by atoms with E-state index in [-0.39, 0.29) is 0 Å². The minimum absolute atomic E-state index is 0.486. The summed E-state index contributed by atoms with van der Waals surface area (Å²) < 4.78 is 5.99. The highest BCUT2D eigenvalue weighted by molar-refractivity contribution is 4.53. The van der Waals surface area contributed by atoms with Crippen LogP contribution in [0.4, 0.5) is 0 Å². The van der Waals surface area contributed by atoms with Gasteiger partial charge < -0.3 is 9.22 Å². The molecule has 1 rings (SSSR count). The van der Waals surface area contributed by atoms with Crippen molar-refractivity contribution in [3.63, 3.8) is 0 Å². The molecule has 0 radical (unpaired) electrons. The molecule has 2 nitrogen and oxygen atoms in total. The van der Waals surface area contributed by atoms with E-state index in [4.69, 9.17) is 4.74 Å². The second kappa shape index (κ2) is 1.20. The quantitative estimate of drug-likeness (QED) is 0.336. The lowest BCUT2D eigenvalue weighted by Gasteiger charge is -2.20. The Morgan fingerprint density at radius 2 is 1.86 bits per heavy atom. The van der Waals surface area contributed by atoms with E-state index in [1.165, 1.54) is 0 Å². The molecule has 1 aliphatic rings. The van der Waals surface area contributed by atoms with Crippen molar-refractivity contribution < 1.29 is 9.22 Å². The summed E-state index contributed by atoms with van der Waals surface area (Å²) in [4.78, 5) is 0. The zero-order valence-corrected chi connectivity index (χ0v) is 5.14. The molecule has 0 bridgehead atoms. The van der Waals surface area contributed by atoms with Crippen LogP contribution in [0.1, 0.15) is 0 Å². The summed E-state index contributed by atoms with van der Waals surface area (Å²) in [5.41, 5.74) is 0. The van der Waals surface area contributed by atoms with Gasteiger partial charge in [-0.15, -0.1) is 0 Å². The van der Waals surface area contributed by atoms with Gasteiger partial charge in [0.15, 0.2) is 0 Å². The molecule has 0 aromatic heterocycles. The van der Waals surface area contributed by atoms with Gasteiger partial charge >= 0.3 is 0 Å². The van der Waals surface area contributed by atoms with Crippen LogP contribution in [0.2, 0.25) is 0 Å². The molecule has 0 aromatic rings. The Balaban J connectivity index is 2.36. The first-order valence-electron chi connectivity index (χ1n) is 2.53. The van der Waals surface area contributed by atoms with Crippen LogP contribution < -0.4 is 0 Å².